The van der Waals surface area contributed by atoms with Crippen LogP contribution in [0.1, 0.15) is 75.7 Å². The topological polar surface area (TPSA) is 9.23 Å². The van der Waals surface area contributed by atoms with Crippen molar-refractivity contribution in [1.82, 2.24) is 0 Å². The third kappa shape index (κ3) is 4.35. The number of alkyl halides is 2. The quantitative estimate of drug-likeness (QED) is 0.570. The molecule has 4 rings (SSSR count). The molecule has 0 atom stereocenters. The van der Waals surface area contributed by atoms with Crippen molar-refractivity contribution in [2.24, 2.45) is 23.7 Å². The summed E-state index contributed by atoms with van der Waals surface area (Å²) in [7, 11) is 0. The lowest BCUT2D eigenvalue weighted by molar-refractivity contribution is -0.0498. The van der Waals surface area contributed by atoms with E-state index in [-0.39, 0.29) is 5.75 Å². The summed E-state index contributed by atoms with van der Waals surface area (Å²) < 4.78 is 28.9. The summed E-state index contributed by atoms with van der Waals surface area (Å²) in [4.78, 5) is 0. The largest absolute Gasteiger partial charge is 0.435 e. The van der Waals surface area contributed by atoms with Gasteiger partial charge in [0.05, 0.1) is 0 Å². The Kier molecular flexibility index (Phi) is 5.28. The van der Waals surface area contributed by atoms with Crippen LogP contribution >= 0.6 is 0 Å². The molecule has 25 heavy (non-hydrogen) atoms. The highest BCUT2D eigenvalue weighted by Gasteiger charge is 2.36. The van der Waals surface area contributed by atoms with E-state index in [1.165, 1.54) is 69.8 Å². The first-order chi connectivity index (χ1) is 12.2. The van der Waals surface area contributed by atoms with Crippen LogP contribution < -0.4 is 4.74 Å². The van der Waals surface area contributed by atoms with Crippen molar-refractivity contribution >= 4 is 0 Å². The van der Waals surface area contributed by atoms with Crippen molar-refractivity contribution in [3.05, 3.63) is 29.8 Å². The van der Waals surface area contributed by atoms with Crippen LogP contribution in [-0.2, 0) is 0 Å². The Morgan fingerprint density at radius 1 is 0.640 bits per heavy atom. The minimum absolute atomic E-state index is 0.264. The van der Waals surface area contributed by atoms with E-state index in [0.717, 1.165) is 23.7 Å². The minimum Gasteiger partial charge on any atom is -0.435 e. The van der Waals surface area contributed by atoms with Crippen LogP contribution in [0, 0.1) is 23.7 Å². The van der Waals surface area contributed by atoms with E-state index in [1.807, 2.05) is 12.1 Å². The lowest BCUT2D eigenvalue weighted by Crippen LogP contribution is -2.25. The summed E-state index contributed by atoms with van der Waals surface area (Å²) in [5, 5.41) is 0. The molecule has 3 saturated carbocycles. The van der Waals surface area contributed by atoms with Crippen LogP contribution in [0.4, 0.5) is 8.78 Å². The second-order valence-corrected chi connectivity index (χ2v) is 8.57. The van der Waals surface area contributed by atoms with Gasteiger partial charge < -0.3 is 4.74 Å². The van der Waals surface area contributed by atoms with Gasteiger partial charge in [-0.05, 0) is 111 Å². The molecule has 0 spiro atoms. The number of ether oxygens (including phenoxy) is 1. The fourth-order valence-electron chi connectivity index (χ4n) is 5.50. The lowest BCUT2D eigenvalue weighted by Gasteiger charge is -2.38. The highest BCUT2D eigenvalue weighted by atomic mass is 19.3. The van der Waals surface area contributed by atoms with Crippen LogP contribution in [0.15, 0.2) is 24.3 Å². The first-order valence-electron chi connectivity index (χ1n) is 10.2. The molecule has 0 bridgehead atoms. The lowest BCUT2D eigenvalue weighted by atomic mass is 9.68. The van der Waals surface area contributed by atoms with E-state index in [1.54, 1.807) is 12.1 Å². The Hall–Kier alpha value is -1.12. The molecule has 1 aromatic rings. The first kappa shape index (κ1) is 17.3. The average molecular weight is 348 g/mol. The van der Waals surface area contributed by atoms with E-state index in [9.17, 15) is 8.78 Å². The molecule has 3 fully saturated rings. The van der Waals surface area contributed by atoms with Crippen LogP contribution in [0.3, 0.4) is 0 Å². The molecule has 3 aliphatic carbocycles. The van der Waals surface area contributed by atoms with Crippen molar-refractivity contribution < 1.29 is 13.5 Å². The van der Waals surface area contributed by atoms with Crippen molar-refractivity contribution in [3.63, 3.8) is 0 Å². The molecule has 0 aromatic heterocycles. The second kappa shape index (κ2) is 7.63. The number of halogens is 2. The summed E-state index contributed by atoms with van der Waals surface area (Å²) in [6, 6.07) is 7.33. The molecular formula is C22H30F2O. The van der Waals surface area contributed by atoms with Crippen molar-refractivity contribution in [3.8, 4) is 5.75 Å². The summed E-state index contributed by atoms with van der Waals surface area (Å²) in [5.74, 6) is 4.91. The molecule has 0 radical (unpaired) electrons. The first-order valence-corrected chi connectivity index (χ1v) is 10.2. The summed E-state index contributed by atoms with van der Waals surface area (Å²) in [6.07, 6.45) is 14.1. The summed E-state index contributed by atoms with van der Waals surface area (Å²) >= 11 is 0. The van der Waals surface area contributed by atoms with Gasteiger partial charge in [0.25, 0.3) is 0 Å². The number of benzene rings is 1. The molecule has 0 aliphatic heterocycles. The Bertz CT molecular complexity index is 536. The van der Waals surface area contributed by atoms with Gasteiger partial charge in [-0.15, -0.1) is 0 Å². The monoisotopic (exact) mass is 348 g/mol. The van der Waals surface area contributed by atoms with E-state index < -0.39 is 6.61 Å². The molecule has 1 aromatic carbocycles. The average Bonchev–Trinajstić information content (AvgIpc) is 3.47. The SMILES string of the molecule is FC(F)Oc1ccc(C2CCC(C3CCC(C4CC4)CC3)CC2)cc1. The fraction of sp³-hybridized carbons (Fsp3) is 0.727. The molecule has 138 valence electrons. The van der Waals surface area contributed by atoms with E-state index in [0.29, 0.717) is 5.92 Å². The van der Waals surface area contributed by atoms with E-state index in [4.69, 9.17) is 0 Å². The van der Waals surface area contributed by atoms with Crippen LogP contribution in [0.25, 0.3) is 0 Å². The molecule has 0 heterocycles. The highest BCUT2D eigenvalue weighted by molar-refractivity contribution is 5.29. The molecule has 3 heteroatoms. The van der Waals surface area contributed by atoms with Gasteiger partial charge in [0.2, 0.25) is 0 Å². The maximum atomic E-state index is 12.2. The molecular weight excluding hydrogens is 318 g/mol. The molecule has 0 saturated heterocycles. The summed E-state index contributed by atoms with van der Waals surface area (Å²) in [5.41, 5.74) is 1.29. The normalized spacial score (nSPS) is 33.4. The van der Waals surface area contributed by atoms with Gasteiger partial charge in [-0.25, -0.2) is 0 Å². The molecule has 0 amide bonds. The standard InChI is InChI=1S/C22H30F2O/c23-22(24)25-21-13-11-20(12-14-21)19-9-7-18(8-10-19)17-5-3-16(4-6-17)15-1-2-15/h11-19,22H,1-10H2. The number of hydrogen-bond donors (Lipinski definition) is 0. The number of rotatable bonds is 5. The molecule has 0 N–H and O–H groups in total. The second-order valence-electron chi connectivity index (χ2n) is 8.57. The third-order valence-electron chi connectivity index (χ3n) is 7.12. The Morgan fingerprint density at radius 3 is 1.44 bits per heavy atom. The van der Waals surface area contributed by atoms with E-state index >= 15 is 0 Å². The predicted molar refractivity (Wildman–Crippen MR) is 95.9 cm³/mol. The zero-order valence-electron chi connectivity index (χ0n) is 15.0. The van der Waals surface area contributed by atoms with Gasteiger partial charge >= 0.3 is 6.61 Å². The van der Waals surface area contributed by atoms with Crippen LogP contribution in [0.5, 0.6) is 5.75 Å². The van der Waals surface area contributed by atoms with E-state index in [2.05, 4.69) is 4.74 Å². The van der Waals surface area contributed by atoms with Crippen LogP contribution in [0.2, 0.25) is 0 Å². The molecule has 3 aliphatic rings. The van der Waals surface area contributed by atoms with Gasteiger partial charge in [0.1, 0.15) is 5.75 Å². The van der Waals surface area contributed by atoms with Gasteiger partial charge in [-0.2, -0.15) is 8.78 Å². The van der Waals surface area contributed by atoms with Gasteiger partial charge in [-0.3, -0.25) is 0 Å². The van der Waals surface area contributed by atoms with Gasteiger partial charge in [-0.1, -0.05) is 12.1 Å². The minimum atomic E-state index is -2.74. The third-order valence-corrected chi connectivity index (χ3v) is 7.12. The zero-order chi connectivity index (χ0) is 17.2. The van der Waals surface area contributed by atoms with Crippen LogP contribution in [-0.4, -0.2) is 6.61 Å². The smallest absolute Gasteiger partial charge is 0.387 e. The van der Waals surface area contributed by atoms with Crippen molar-refractivity contribution in [1.29, 1.82) is 0 Å². The van der Waals surface area contributed by atoms with Gasteiger partial charge in [0, 0.05) is 0 Å². The van der Waals surface area contributed by atoms with Crippen molar-refractivity contribution in [2.75, 3.05) is 0 Å². The Labute approximate surface area is 150 Å². The summed E-state index contributed by atoms with van der Waals surface area (Å²) in [6.45, 7) is -2.74. The Balaban J connectivity index is 1.25. The number of hydrogen-bond acceptors (Lipinski definition) is 1. The van der Waals surface area contributed by atoms with Gasteiger partial charge in [0.15, 0.2) is 0 Å². The highest BCUT2D eigenvalue weighted by Crippen LogP contribution is 2.49. The maximum absolute atomic E-state index is 12.2. The predicted octanol–water partition coefficient (Wildman–Crippen LogP) is 6.78. The zero-order valence-corrected chi connectivity index (χ0v) is 15.0. The fourth-order valence-corrected chi connectivity index (χ4v) is 5.50. The maximum Gasteiger partial charge on any atom is 0.387 e. The molecule has 0 unspecified atom stereocenters. The molecule has 1 nitrogen and oxygen atoms in total. The Morgan fingerprint density at radius 2 is 1.04 bits per heavy atom. The van der Waals surface area contributed by atoms with Crippen molar-refractivity contribution in [2.45, 2.75) is 76.7 Å².